The topological polar surface area (TPSA) is 42.4 Å². The van der Waals surface area contributed by atoms with E-state index in [1.807, 2.05) is 69.3 Å². The van der Waals surface area contributed by atoms with Crippen LogP contribution in [0.1, 0.15) is 26.3 Å². The lowest BCUT2D eigenvalue weighted by Crippen LogP contribution is -2.23. The van der Waals surface area contributed by atoms with Gasteiger partial charge in [0, 0.05) is 17.0 Å². The molecule has 3 nitrogen and oxygen atoms in total. The Morgan fingerprint density at radius 1 is 1.08 bits per heavy atom. The minimum Gasteiger partial charge on any atom is -0.487 e. The van der Waals surface area contributed by atoms with Gasteiger partial charge in [-0.25, -0.2) is 4.98 Å². The molecule has 0 aliphatic carbocycles. The molecule has 0 bridgehead atoms. The average molecular weight is 342 g/mol. The highest BCUT2D eigenvalue weighted by atomic mass is 35.5. The molecule has 4 heteroatoms. The summed E-state index contributed by atoms with van der Waals surface area (Å²) in [4.78, 5) is 4.72. The van der Waals surface area contributed by atoms with E-state index in [2.05, 4.69) is 0 Å². The van der Waals surface area contributed by atoms with Crippen molar-refractivity contribution in [2.75, 3.05) is 0 Å². The largest absolute Gasteiger partial charge is 0.487 e. The molecule has 0 radical (unpaired) electrons. The van der Waals surface area contributed by atoms with Crippen LogP contribution in [0.2, 0.25) is 5.02 Å². The van der Waals surface area contributed by atoms with Gasteiger partial charge in [-0.1, -0.05) is 48.0 Å². The Kier molecular flexibility index (Phi) is 4.48. The second-order valence-corrected chi connectivity index (χ2v) is 7.06. The quantitative estimate of drug-likeness (QED) is 0.709. The lowest BCUT2D eigenvalue weighted by Gasteiger charge is -2.23. The molecule has 0 aliphatic heterocycles. The second kappa shape index (κ2) is 6.42. The standard InChI is InChI=1S/C20H20ClNO2/c1-20(2,3)24-17-11-16(13-7-5-4-6-8-13)22-19-15(17)10-9-14(12-23)18(19)21/h4-11,23H,12H2,1-3H3. The molecule has 0 atom stereocenters. The molecule has 0 spiro atoms. The molecule has 3 rings (SSSR count). The third-order valence-corrected chi connectivity index (χ3v) is 4.04. The van der Waals surface area contributed by atoms with Gasteiger partial charge in [0.15, 0.2) is 0 Å². The number of pyridine rings is 1. The number of benzene rings is 2. The van der Waals surface area contributed by atoms with Crippen molar-refractivity contribution in [3.05, 3.63) is 59.1 Å². The van der Waals surface area contributed by atoms with Gasteiger partial charge >= 0.3 is 0 Å². The molecule has 1 heterocycles. The Labute approximate surface area is 146 Å². The summed E-state index contributed by atoms with van der Waals surface area (Å²) in [6.45, 7) is 5.89. The summed E-state index contributed by atoms with van der Waals surface area (Å²) in [5.41, 5.74) is 2.74. The van der Waals surface area contributed by atoms with Gasteiger partial charge in [-0.3, -0.25) is 0 Å². The maximum atomic E-state index is 9.48. The van der Waals surface area contributed by atoms with E-state index in [-0.39, 0.29) is 12.2 Å². The van der Waals surface area contributed by atoms with E-state index in [1.54, 1.807) is 0 Å². The summed E-state index contributed by atoms with van der Waals surface area (Å²) >= 11 is 6.47. The Morgan fingerprint density at radius 2 is 1.79 bits per heavy atom. The number of aliphatic hydroxyl groups is 1. The number of hydrogen-bond acceptors (Lipinski definition) is 3. The third kappa shape index (κ3) is 3.37. The Balaban J connectivity index is 2.29. The van der Waals surface area contributed by atoms with Crippen molar-refractivity contribution in [1.82, 2.24) is 4.98 Å². The number of aromatic nitrogens is 1. The molecule has 1 N–H and O–H groups in total. The van der Waals surface area contributed by atoms with E-state index >= 15 is 0 Å². The number of rotatable bonds is 3. The van der Waals surface area contributed by atoms with Crippen LogP contribution in [-0.2, 0) is 6.61 Å². The molecule has 0 saturated carbocycles. The van der Waals surface area contributed by atoms with E-state index in [1.165, 1.54) is 0 Å². The summed E-state index contributed by atoms with van der Waals surface area (Å²) < 4.78 is 6.14. The number of halogens is 1. The van der Waals surface area contributed by atoms with Crippen LogP contribution in [-0.4, -0.2) is 15.7 Å². The van der Waals surface area contributed by atoms with Crippen molar-refractivity contribution in [3.63, 3.8) is 0 Å². The predicted molar refractivity (Wildman–Crippen MR) is 98.5 cm³/mol. The van der Waals surface area contributed by atoms with Gasteiger partial charge in [-0.05, 0) is 32.4 Å². The molecule has 0 saturated heterocycles. The highest BCUT2D eigenvalue weighted by Gasteiger charge is 2.18. The number of nitrogens with zero attached hydrogens (tertiary/aromatic N) is 1. The Bertz CT molecular complexity index is 870. The minimum atomic E-state index is -0.343. The smallest absolute Gasteiger partial charge is 0.131 e. The summed E-state index contributed by atoms with van der Waals surface area (Å²) in [5.74, 6) is 0.734. The van der Waals surface area contributed by atoms with Gasteiger partial charge in [0.1, 0.15) is 11.4 Å². The first-order valence-corrected chi connectivity index (χ1v) is 8.24. The Hall–Kier alpha value is -2.10. The average Bonchev–Trinajstić information content (AvgIpc) is 2.55. The van der Waals surface area contributed by atoms with Crippen LogP contribution in [0, 0.1) is 0 Å². The van der Waals surface area contributed by atoms with E-state index < -0.39 is 0 Å². The SMILES string of the molecule is CC(C)(C)Oc1cc(-c2ccccc2)nc2c(Cl)c(CO)ccc12. The molecular formula is C20H20ClNO2. The van der Waals surface area contributed by atoms with Gasteiger partial charge in [-0.2, -0.15) is 0 Å². The lowest BCUT2D eigenvalue weighted by molar-refractivity contribution is 0.133. The fourth-order valence-corrected chi connectivity index (χ4v) is 2.83. The van der Waals surface area contributed by atoms with E-state index in [9.17, 15) is 5.11 Å². The van der Waals surface area contributed by atoms with E-state index in [4.69, 9.17) is 21.3 Å². The molecule has 1 aromatic heterocycles. The third-order valence-electron chi connectivity index (χ3n) is 3.62. The van der Waals surface area contributed by atoms with Gasteiger partial charge in [0.2, 0.25) is 0 Å². The molecule has 0 aliphatic rings. The fourth-order valence-electron chi connectivity index (χ4n) is 2.56. The van der Waals surface area contributed by atoms with E-state index in [0.29, 0.717) is 16.1 Å². The van der Waals surface area contributed by atoms with Crippen LogP contribution in [0.15, 0.2) is 48.5 Å². The second-order valence-electron chi connectivity index (χ2n) is 6.68. The number of ether oxygens (including phenoxy) is 1. The van der Waals surface area contributed by atoms with Crippen LogP contribution in [0.25, 0.3) is 22.2 Å². The molecule has 0 unspecified atom stereocenters. The number of fused-ring (bicyclic) bond motifs is 1. The fraction of sp³-hybridized carbons (Fsp3) is 0.250. The maximum absolute atomic E-state index is 9.48. The zero-order valence-corrected chi connectivity index (χ0v) is 14.8. The van der Waals surface area contributed by atoms with Gasteiger partial charge in [0.25, 0.3) is 0 Å². The first kappa shape index (κ1) is 16.7. The van der Waals surface area contributed by atoms with Crippen LogP contribution < -0.4 is 4.74 Å². The molecule has 0 fully saturated rings. The number of hydrogen-bond donors (Lipinski definition) is 1. The van der Waals surface area contributed by atoms with Gasteiger partial charge in [0.05, 0.1) is 22.8 Å². The first-order valence-electron chi connectivity index (χ1n) is 7.86. The van der Waals surface area contributed by atoms with Crippen molar-refractivity contribution >= 4 is 22.5 Å². The van der Waals surface area contributed by atoms with Gasteiger partial charge in [-0.15, -0.1) is 0 Å². The van der Waals surface area contributed by atoms with Crippen LogP contribution in [0.5, 0.6) is 5.75 Å². The summed E-state index contributed by atoms with van der Waals surface area (Å²) in [7, 11) is 0. The monoisotopic (exact) mass is 341 g/mol. The highest BCUT2D eigenvalue weighted by Crippen LogP contribution is 2.36. The van der Waals surface area contributed by atoms with Crippen LogP contribution >= 0.6 is 11.6 Å². The first-order chi connectivity index (χ1) is 11.4. The van der Waals surface area contributed by atoms with E-state index in [0.717, 1.165) is 22.4 Å². The maximum Gasteiger partial charge on any atom is 0.131 e. The van der Waals surface area contributed by atoms with Crippen molar-refractivity contribution in [2.24, 2.45) is 0 Å². The molecule has 124 valence electrons. The molecule has 0 amide bonds. The summed E-state index contributed by atoms with van der Waals surface area (Å²) in [6, 6.07) is 15.6. The normalized spacial score (nSPS) is 11.7. The highest BCUT2D eigenvalue weighted by molar-refractivity contribution is 6.36. The van der Waals surface area contributed by atoms with Crippen molar-refractivity contribution in [3.8, 4) is 17.0 Å². The zero-order valence-electron chi connectivity index (χ0n) is 14.0. The van der Waals surface area contributed by atoms with Crippen LogP contribution in [0.3, 0.4) is 0 Å². The Morgan fingerprint density at radius 3 is 2.42 bits per heavy atom. The van der Waals surface area contributed by atoms with Crippen molar-refractivity contribution in [2.45, 2.75) is 33.0 Å². The van der Waals surface area contributed by atoms with Crippen molar-refractivity contribution < 1.29 is 9.84 Å². The predicted octanol–water partition coefficient (Wildman–Crippen LogP) is 5.22. The summed E-state index contributed by atoms with van der Waals surface area (Å²) in [6.07, 6.45) is 0. The lowest BCUT2D eigenvalue weighted by atomic mass is 10.1. The van der Waals surface area contributed by atoms with Crippen molar-refractivity contribution in [1.29, 1.82) is 0 Å². The van der Waals surface area contributed by atoms with Gasteiger partial charge < -0.3 is 9.84 Å². The zero-order chi connectivity index (χ0) is 17.3. The molecule has 2 aromatic carbocycles. The molecule has 3 aromatic rings. The number of aliphatic hydroxyl groups excluding tert-OH is 1. The molecular weight excluding hydrogens is 322 g/mol. The summed E-state index contributed by atoms with van der Waals surface area (Å²) in [5, 5.41) is 10.8. The van der Waals surface area contributed by atoms with Crippen LogP contribution in [0.4, 0.5) is 0 Å². The minimum absolute atomic E-state index is 0.124. The molecule has 24 heavy (non-hydrogen) atoms.